The average Bonchev–Trinajstić information content (AvgIpc) is 2.31. The van der Waals surface area contributed by atoms with E-state index in [2.05, 4.69) is 22.0 Å². The Balaban J connectivity index is 2.24. The zero-order chi connectivity index (χ0) is 10.7. The van der Waals surface area contributed by atoms with Crippen molar-refractivity contribution < 1.29 is 5.11 Å². The summed E-state index contributed by atoms with van der Waals surface area (Å²) in [6.07, 6.45) is 6.93. The molecule has 0 saturated heterocycles. The molecule has 0 aromatic carbocycles. The largest absolute Gasteiger partial charge is 0.392 e. The van der Waals surface area contributed by atoms with Gasteiger partial charge in [-0.3, -0.25) is 0 Å². The lowest BCUT2D eigenvalue weighted by molar-refractivity contribution is 0.282. The second kappa shape index (κ2) is 4.64. The Labute approximate surface area is 94.0 Å². The van der Waals surface area contributed by atoms with Crippen molar-refractivity contribution in [3.05, 3.63) is 35.0 Å². The van der Waals surface area contributed by atoms with Gasteiger partial charge < -0.3 is 10.0 Å². The normalized spacial score (nSPS) is 15.7. The van der Waals surface area contributed by atoms with Crippen LogP contribution < -0.4 is 4.90 Å². The van der Waals surface area contributed by atoms with Gasteiger partial charge in [-0.15, -0.1) is 0 Å². The van der Waals surface area contributed by atoms with Gasteiger partial charge in [0.25, 0.3) is 0 Å². The topological polar surface area (TPSA) is 36.4 Å². The molecule has 0 bridgehead atoms. The molecule has 0 amide bonds. The maximum absolute atomic E-state index is 9.10. The summed E-state index contributed by atoms with van der Waals surface area (Å²) in [5.74, 6) is 0.882. The van der Waals surface area contributed by atoms with Crippen molar-refractivity contribution >= 4 is 17.4 Å². The van der Waals surface area contributed by atoms with Crippen LogP contribution in [0.2, 0.25) is 5.02 Å². The standard InChI is InChI=1S/C11H13ClN2O/c12-10-7-13-11(6-9(10)8-15)14-4-2-1-3-5-14/h1-2,6-7,15H,3-5,8H2. The number of hydrogen-bond acceptors (Lipinski definition) is 3. The highest BCUT2D eigenvalue weighted by Crippen LogP contribution is 2.21. The van der Waals surface area contributed by atoms with Crippen LogP contribution >= 0.6 is 11.6 Å². The van der Waals surface area contributed by atoms with Crippen LogP contribution in [0.5, 0.6) is 0 Å². The maximum Gasteiger partial charge on any atom is 0.129 e. The first-order chi connectivity index (χ1) is 7.31. The van der Waals surface area contributed by atoms with Gasteiger partial charge in [-0.05, 0) is 12.5 Å². The number of hydrogen-bond donors (Lipinski definition) is 1. The van der Waals surface area contributed by atoms with E-state index in [1.165, 1.54) is 0 Å². The van der Waals surface area contributed by atoms with E-state index < -0.39 is 0 Å². The fourth-order valence-electron chi connectivity index (χ4n) is 1.61. The quantitative estimate of drug-likeness (QED) is 0.781. The molecule has 2 heterocycles. The van der Waals surface area contributed by atoms with E-state index in [1.54, 1.807) is 6.20 Å². The van der Waals surface area contributed by atoms with Gasteiger partial charge in [-0.1, -0.05) is 23.8 Å². The van der Waals surface area contributed by atoms with Crippen molar-refractivity contribution in [2.75, 3.05) is 18.0 Å². The number of halogens is 1. The number of aliphatic hydroxyl groups excluding tert-OH is 1. The van der Waals surface area contributed by atoms with Crippen molar-refractivity contribution in [2.24, 2.45) is 0 Å². The van der Waals surface area contributed by atoms with Crippen molar-refractivity contribution in [3.63, 3.8) is 0 Å². The van der Waals surface area contributed by atoms with E-state index in [9.17, 15) is 0 Å². The smallest absolute Gasteiger partial charge is 0.129 e. The van der Waals surface area contributed by atoms with Gasteiger partial charge in [-0.2, -0.15) is 0 Å². The van der Waals surface area contributed by atoms with Crippen LogP contribution in [0.15, 0.2) is 24.4 Å². The maximum atomic E-state index is 9.10. The molecule has 0 saturated carbocycles. The third-order valence-electron chi connectivity index (χ3n) is 2.47. The summed E-state index contributed by atoms with van der Waals surface area (Å²) in [5.41, 5.74) is 0.733. The van der Waals surface area contributed by atoms with Crippen LogP contribution in [0.4, 0.5) is 5.82 Å². The molecule has 1 aliphatic rings. The number of aliphatic hydroxyl groups is 1. The molecule has 4 heteroatoms. The van der Waals surface area contributed by atoms with Gasteiger partial charge in [-0.25, -0.2) is 4.98 Å². The van der Waals surface area contributed by atoms with E-state index in [-0.39, 0.29) is 6.61 Å². The highest BCUT2D eigenvalue weighted by Gasteiger charge is 2.10. The molecule has 1 aromatic rings. The lowest BCUT2D eigenvalue weighted by Crippen LogP contribution is -2.27. The van der Waals surface area contributed by atoms with Gasteiger partial charge in [0.05, 0.1) is 11.6 Å². The predicted octanol–water partition coefficient (Wildman–Crippen LogP) is 1.99. The van der Waals surface area contributed by atoms with Crippen LogP contribution in [0.3, 0.4) is 0 Å². The molecule has 0 fully saturated rings. The summed E-state index contributed by atoms with van der Waals surface area (Å²) in [6.45, 7) is 1.80. The number of rotatable bonds is 2. The number of anilines is 1. The zero-order valence-corrected chi connectivity index (χ0v) is 9.11. The SMILES string of the molecule is OCc1cc(N2CC=CCC2)ncc1Cl. The molecule has 0 atom stereocenters. The Hall–Kier alpha value is -1.06. The lowest BCUT2D eigenvalue weighted by Gasteiger charge is -2.24. The van der Waals surface area contributed by atoms with Crippen LogP contribution in [0, 0.1) is 0 Å². The Morgan fingerprint density at radius 2 is 2.33 bits per heavy atom. The van der Waals surface area contributed by atoms with Crippen LogP contribution in [0.25, 0.3) is 0 Å². The minimum Gasteiger partial charge on any atom is -0.392 e. The van der Waals surface area contributed by atoms with Gasteiger partial charge in [0.15, 0.2) is 0 Å². The minimum absolute atomic E-state index is 0.0436. The third kappa shape index (κ3) is 2.30. The Bertz CT molecular complexity index is 379. The van der Waals surface area contributed by atoms with E-state index >= 15 is 0 Å². The molecule has 2 rings (SSSR count). The second-order valence-corrected chi connectivity index (χ2v) is 3.91. The summed E-state index contributed by atoms with van der Waals surface area (Å²) >= 11 is 5.88. The highest BCUT2D eigenvalue weighted by molar-refractivity contribution is 6.31. The van der Waals surface area contributed by atoms with Gasteiger partial charge in [0, 0.05) is 24.8 Å². The van der Waals surface area contributed by atoms with E-state index in [0.717, 1.165) is 30.9 Å². The van der Waals surface area contributed by atoms with Gasteiger partial charge >= 0.3 is 0 Å². The Kier molecular flexibility index (Phi) is 3.23. The number of aromatic nitrogens is 1. The van der Waals surface area contributed by atoms with Gasteiger partial charge in [0.2, 0.25) is 0 Å². The van der Waals surface area contributed by atoms with Crippen molar-refractivity contribution in [2.45, 2.75) is 13.0 Å². The monoisotopic (exact) mass is 224 g/mol. The highest BCUT2D eigenvalue weighted by atomic mass is 35.5. The first-order valence-corrected chi connectivity index (χ1v) is 5.34. The third-order valence-corrected chi connectivity index (χ3v) is 2.81. The molecule has 3 nitrogen and oxygen atoms in total. The predicted molar refractivity (Wildman–Crippen MR) is 61.1 cm³/mol. The summed E-state index contributed by atoms with van der Waals surface area (Å²) < 4.78 is 0. The summed E-state index contributed by atoms with van der Waals surface area (Å²) in [5, 5.41) is 9.62. The molecule has 0 spiro atoms. The van der Waals surface area contributed by atoms with Crippen LogP contribution in [0.1, 0.15) is 12.0 Å². The zero-order valence-electron chi connectivity index (χ0n) is 8.36. The van der Waals surface area contributed by atoms with Crippen molar-refractivity contribution in [3.8, 4) is 0 Å². The summed E-state index contributed by atoms with van der Waals surface area (Å²) in [6, 6.07) is 1.85. The Morgan fingerprint density at radius 3 is 3.00 bits per heavy atom. The molecule has 0 radical (unpaired) electrons. The first-order valence-electron chi connectivity index (χ1n) is 4.96. The molecular weight excluding hydrogens is 212 g/mol. The van der Waals surface area contributed by atoms with Crippen molar-refractivity contribution in [1.29, 1.82) is 0 Å². The lowest BCUT2D eigenvalue weighted by atomic mass is 10.2. The minimum atomic E-state index is -0.0436. The average molecular weight is 225 g/mol. The van der Waals surface area contributed by atoms with E-state index in [1.807, 2.05) is 6.07 Å². The van der Waals surface area contributed by atoms with E-state index in [4.69, 9.17) is 16.7 Å². The molecule has 1 aromatic heterocycles. The Morgan fingerprint density at radius 1 is 1.47 bits per heavy atom. The molecule has 15 heavy (non-hydrogen) atoms. The molecule has 0 aliphatic carbocycles. The number of pyridine rings is 1. The second-order valence-electron chi connectivity index (χ2n) is 3.50. The van der Waals surface area contributed by atoms with Crippen molar-refractivity contribution in [1.82, 2.24) is 4.98 Å². The van der Waals surface area contributed by atoms with Crippen LogP contribution in [-0.4, -0.2) is 23.2 Å². The summed E-state index contributed by atoms with van der Waals surface area (Å²) in [7, 11) is 0. The molecule has 0 unspecified atom stereocenters. The fraction of sp³-hybridized carbons (Fsp3) is 0.364. The van der Waals surface area contributed by atoms with E-state index in [0.29, 0.717) is 5.02 Å². The molecule has 1 aliphatic heterocycles. The fourth-order valence-corrected chi connectivity index (χ4v) is 1.77. The molecule has 80 valence electrons. The molecule has 1 N–H and O–H groups in total. The number of nitrogens with zero attached hydrogens (tertiary/aromatic N) is 2. The van der Waals surface area contributed by atoms with Crippen LogP contribution in [-0.2, 0) is 6.61 Å². The first kappa shape index (κ1) is 10.5. The summed E-state index contributed by atoms with van der Waals surface area (Å²) in [4.78, 5) is 6.42. The van der Waals surface area contributed by atoms with Gasteiger partial charge in [0.1, 0.15) is 5.82 Å². The molecular formula is C11H13ClN2O.